The third-order valence-electron chi connectivity index (χ3n) is 11.2. The van der Waals surface area contributed by atoms with E-state index in [0.717, 1.165) is 43.7 Å². The fraction of sp³-hybridized carbons (Fsp3) is 0.0625. The lowest BCUT2D eigenvalue weighted by atomic mass is 9.81. The Bertz CT molecular complexity index is 3010. The van der Waals surface area contributed by atoms with Gasteiger partial charge in [0.25, 0.3) is 0 Å². The number of nitrogens with zero attached hydrogens (tertiary/aromatic N) is 4. The van der Waals surface area contributed by atoms with E-state index in [1.54, 1.807) is 0 Å². The minimum atomic E-state index is -0.189. The third-order valence-corrected chi connectivity index (χ3v) is 11.2. The second kappa shape index (κ2) is 10.7. The molecule has 0 atom stereocenters. The number of aromatic nitrogens is 4. The lowest BCUT2D eigenvalue weighted by molar-refractivity contribution is 0.661. The number of hydrogen-bond donors (Lipinski definition) is 0. The summed E-state index contributed by atoms with van der Waals surface area (Å²) in [4.78, 5) is 15.9. The van der Waals surface area contributed by atoms with Crippen LogP contribution in [0.15, 0.2) is 158 Å². The van der Waals surface area contributed by atoms with Crippen molar-refractivity contribution in [1.82, 2.24) is 19.5 Å². The SMILES string of the molecule is CC1(C)c2cc3ccccc3cc2-c2cc3c4ccccc4n(-c4nc(-c5cccc6ccccc56)nc(-c5cccc6ccccc56)n4)c3cc21. The van der Waals surface area contributed by atoms with E-state index < -0.39 is 0 Å². The Morgan fingerprint density at radius 1 is 0.385 bits per heavy atom. The van der Waals surface area contributed by atoms with Gasteiger partial charge in [-0.1, -0.05) is 141 Å². The molecule has 0 aliphatic heterocycles. The summed E-state index contributed by atoms with van der Waals surface area (Å²) in [7, 11) is 0. The van der Waals surface area contributed by atoms with Gasteiger partial charge in [-0.2, -0.15) is 9.97 Å². The van der Waals surface area contributed by atoms with Crippen molar-refractivity contribution in [3.05, 3.63) is 169 Å². The van der Waals surface area contributed by atoms with Gasteiger partial charge in [-0.05, 0) is 84.9 Å². The van der Waals surface area contributed by atoms with Crippen LogP contribution in [0.4, 0.5) is 0 Å². The summed E-state index contributed by atoms with van der Waals surface area (Å²) in [6.07, 6.45) is 0. The van der Waals surface area contributed by atoms with Gasteiger partial charge in [0.15, 0.2) is 11.6 Å². The summed E-state index contributed by atoms with van der Waals surface area (Å²) in [6.45, 7) is 4.71. The average molecular weight is 665 g/mol. The van der Waals surface area contributed by atoms with Crippen molar-refractivity contribution in [2.45, 2.75) is 19.3 Å². The van der Waals surface area contributed by atoms with Gasteiger partial charge in [0.1, 0.15) is 0 Å². The highest BCUT2D eigenvalue weighted by Gasteiger charge is 2.37. The molecule has 0 amide bonds. The third kappa shape index (κ3) is 4.12. The van der Waals surface area contributed by atoms with Crippen LogP contribution in [-0.2, 0) is 5.41 Å². The Kier molecular flexibility index (Phi) is 5.98. The minimum Gasteiger partial charge on any atom is -0.278 e. The van der Waals surface area contributed by atoms with Gasteiger partial charge in [-0.25, -0.2) is 4.98 Å². The number of benzene rings is 8. The van der Waals surface area contributed by atoms with Crippen molar-refractivity contribution in [1.29, 1.82) is 0 Å². The maximum Gasteiger partial charge on any atom is 0.238 e. The molecular weight excluding hydrogens is 633 g/mol. The second-order valence-corrected chi connectivity index (χ2v) is 14.5. The summed E-state index contributed by atoms with van der Waals surface area (Å²) in [5.74, 6) is 1.90. The Balaban J connectivity index is 1.23. The highest BCUT2D eigenvalue weighted by molar-refractivity contribution is 6.12. The molecule has 0 fully saturated rings. The van der Waals surface area contributed by atoms with Crippen LogP contribution in [0.25, 0.3) is 94.0 Å². The molecule has 0 unspecified atom stereocenters. The molecule has 2 heterocycles. The molecule has 0 bridgehead atoms. The van der Waals surface area contributed by atoms with E-state index >= 15 is 0 Å². The number of fused-ring (bicyclic) bond motifs is 9. The predicted molar refractivity (Wildman–Crippen MR) is 215 cm³/mol. The Morgan fingerprint density at radius 2 is 0.885 bits per heavy atom. The van der Waals surface area contributed by atoms with Gasteiger partial charge >= 0.3 is 0 Å². The van der Waals surface area contributed by atoms with Crippen LogP contribution in [0.1, 0.15) is 25.0 Å². The zero-order valence-electron chi connectivity index (χ0n) is 28.8. The Morgan fingerprint density at radius 3 is 1.54 bits per heavy atom. The van der Waals surface area contributed by atoms with Crippen molar-refractivity contribution >= 4 is 54.1 Å². The van der Waals surface area contributed by atoms with E-state index in [9.17, 15) is 0 Å². The summed E-state index contributed by atoms with van der Waals surface area (Å²) in [5.41, 5.74) is 9.21. The van der Waals surface area contributed by atoms with Gasteiger partial charge < -0.3 is 0 Å². The molecule has 0 spiro atoms. The van der Waals surface area contributed by atoms with Crippen LogP contribution < -0.4 is 0 Å². The zero-order chi connectivity index (χ0) is 34.6. The quantitative estimate of drug-likeness (QED) is 0.189. The molecule has 10 aromatic rings. The van der Waals surface area contributed by atoms with E-state index in [-0.39, 0.29) is 5.41 Å². The molecule has 2 aromatic heterocycles. The van der Waals surface area contributed by atoms with Crippen LogP contribution in [0.5, 0.6) is 0 Å². The lowest BCUT2D eigenvalue weighted by Gasteiger charge is -2.22. The lowest BCUT2D eigenvalue weighted by Crippen LogP contribution is -2.15. The Hall–Kier alpha value is -6.65. The molecule has 4 heteroatoms. The molecule has 0 saturated heterocycles. The standard InChI is InChI=1S/C48H32N4/c1-48(2)41-26-32-16-4-3-15-31(32)25-38(41)39-27-40-35-21-9-10-24-43(35)52(44(40)28-42(39)48)47-50-45(36-22-11-17-29-13-5-7-19-33(29)36)49-46(51-47)37-23-12-18-30-14-6-8-20-34(30)37/h3-28H,1-2H3. The van der Waals surface area contributed by atoms with Crippen LogP contribution >= 0.6 is 0 Å². The molecule has 0 radical (unpaired) electrons. The van der Waals surface area contributed by atoms with Crippen molar-refractivity contribution < 1.29 is 0 Å². The number of para-hydroxylation sites is 1. The van der Waals surface area contributed by atoms with Crippen molar-refractivity contribution in [2.75, 3.05) is 0 Å². The van der Waals surface area contributed by atoms with Crippen molar-refractivity contribution in [3.8, 4) is 39.9 Å². The molecule has 4 nitrogen and oxygen atoms in total. The van der Waals surface area contributed by atoms with Crippen molar-refractivity contribution in [3.63, 3.8) is 0 Å². The zero-order valence-corrected chi connectivity index (χ0v) is 28.8. The van der Waals surface area contributed by atoms with E-state index in [2.05, 4.69) is 176 Å². The summed E-state index contributed by atoms with van der Waals surface area (Å²) in [6, 6.07) is 56.5. The predicted octanol–water partition coefficient (Wildman–Crippen LogP) is 12.1. The van der Waals surface area contributed by atoms with E-state index in [1.165, 1.54) is 43.8 Å². The largest absolute Gasteiger partial charge is 0.278 e. The van der Waals surface area contributed by atoms with Crippen LogP contribution in [0.2, 0.25) is 0 Å². The van der Waals surface area contributed by atoms with Gasteiger partial charge in [0.05, 0.1) is 11.0 Å². The molecule has 8 aromatic carbocycles. The second-order valence-electron chi connectivity index (χ2n) is 14.5. The minimum absolute atomic E-state index is 0.189. The smallest absolute Gasteiger partial charge is 0.238 e. The molecule has 1 aliphatic carbocycles. The van der Waals surface area contributed by atoms with Crippen molar-refractivity contribution in [2.24, 2.45) is 0 Å². The average Bonchev–Trinajstić information content (AvgIpc) is 3.63. The molecular formula is C48H32N4. The van der Waals surface area contributed by atoms with Crippen LogP contribution in [-0.4, -0.2) is 19.5 Å². The van der Waals surface area contributed by atoms with Crippen LogP contribution in [0, 0.1) is 0 Å². The maximum absolute atomic E-state index is 5.35. The highest BCUT2D eigenvalue weighted by Crippen LogP contribution is 2.52. The fourth-order valence-electron chi connectivity index (χ4n) is 8.64. The van der Waals surface area contributed by atoms with Crippen LogP contribution in [0.3, 0.4) is 0 Å². The first kappa shape index (κ1) is 29.1. The number of rotatable bonds is 3. The summed E-state index contributed by atoms with van der Waals surface area (Å²) in [5, 5.41) is 9.41. The van der Waals surface area contributed by atoms with E-state index in [1.807, 2.05) is 0 Å². The first-order chi connectivity index (χ1) is 25.5. The molecule has 52 heavy (non-hydrogen) atoms. The molecule has 1 aliphatic rings. The summed E-state index contributed by atoms with van der Waals surface area (Å²) < 4.78 is 2.26. The number of hydrogen-bond acceptors (Lipinski definition) is 3. The fourth-order valence-corrected chi connectivity index (χ4v) is 8.64. The molecule has 0 N–H and O–H groups in total. The van der Waals surface area contributed by atoms with Gasteiger partial charge in [-0.3, -0.25) is 4.57 Å². The highest BCUT2D eigenvalue weighted by atomic mass is 15.2. The molecule has 244 valence electrons. The Labute approximate surface area is 300 Å². The normalized spacial score (nSPS) is 13.3. The molecule has 11 rings (SSSR count). The monoisotopic (exact) mass is 664 g/mol. The first-order valence-corrected chi connectivity index (χ1v) is 17.9. The van der Waals surface area contributed by atoms with Gasteiger partial charge in [0, 0.05) is 27.3 Å². The summed E-state index contributed by atoms with van der Waals surface area (Å²) >= 11 is 0. The topological polar surface area (TPSA) is 43.6 Å². The first-order valence-electron chi connectivity index (χ1n) is 17.9. The van der Waals surface area contributed by atoms with Gasteiger partial charge in [-0.15, -0.1) is 0 Å². The van der Waals surface area contributed by atoms with E-state index in [4.69, 9.17) is 15.0 Å². The molecule has 0 saturated carbocycles. The van der Waals surface area contributed by atoms with Gasteiger partial charge in [0.2, 0.25) is 5.95 Å². The van der Waals surface area contributed by atoms with E-state index in [0.29, 0.717) is 17.6 Å². The maximum atomic E-state index is 5.35.